The van der Waals surface area contributed by atoms with E-state index in [9.17, 15) is 14.9 Å². The van der Waals surface area contributed by atoms with E-state index in [2.05, 4.69) is 20.6 Å². The largest absolute Gasteiger partial charge is 0.358 e. The van der Waals surface area contributed by atoms with Crippen LogP contribution < -0.4 is 5.32 Å². The lowest BCUT2D eigenvalue weighted by Crippen LogP contribution is -2.13. The number of hydrogen-bond acceptors (Lipinski definition) is 5. The molecule has 11 heteroatoms. The lowest BCUT2D eigenvalue weighted by Gasteiger charge is -2.06. The Morgan fingerprint density at radius 1 is 1.31 bits per heavy atom. The molecule has 3 aromatic rings. The van der Waals surface area contributed by atoms with Gasteiger partial charge in [-0.3, -0.25) is 9.48 Å². The molecule has 26 heavy (non-hydrogen) atoms. The average Bonchev–Trinajstić information content (AvgIpc) is 3.19. The van der Waals surface area contributed by atoms with Gasteiger partial charge < -0.3 is 15.4 Å². The van der Waals surface area contributed by atoms with Gasteiger partial charge in [-0.1, -0.05) is 34.4 Å². The Balaban J connectivity index is 1.73. The minimum absolute atomic E-state index is 0.103. The maximum absolute atomic E-state index is 12.1. The maximum atomic E-state index is 12.1. The Hall–Kier alpha value is -2.91. The first-order valence-electron chi connectivity index (χ1n) is 7.33. The number of anilines is 1. The van der Waals surface area contributed by atoms with E-state index < -0.39 is 10.8 Å². The number of aryl methyl sites for hydroxylation is 1. The van der Waals surface area contributed by atoms with Crippen LogP contribution in [0.2, 0.25) is 10.0 Å². The third-order valence-electron chi connectivity index (χ3n) is 3.53. The van der Waals surface area contributed by atoms with E-state index in [4.69, 9.17) is 23.2 Å². The summed E-state index contributed by atoms with van der Waals surface area (Å²) in [5, 5.41) is 24.2. The van der Waals surface area contributed by atoms with Gasteiger partial charge in [-0.05, 0) is 29.5 Å². The molecule has 3 rings (SSSR count). The smallest absolute Gasteiger partial charge is 0.343 e. The number of nitro groups is 1. The van der Waals surface area contributed by atoms with Crippen molar-refractivity contribution in [2.24, 2.45) is 0 Å². The number of hydrogen-bond donors (Lipinski definition) is 2. The molecule has 9 nitrogen and oxygen atoms in total. The molecule has 2 aromatic heterocycles. The second-order valence-corrected chi connectivity index (χ2v) is 6.24. The van der Waals surface area contributed by atoms with Gasteiger partial charge in [-0.2, -0.15) is 5.10 Å². The van der Waals surface area contributed by atoms with E-state index in [1.807, 2.05) is 13.0 Å². The van der Waals surface area contributed by atoms with E-state index >= 15 is 0 Å². The molecule has 0 spiro atoms. The molecule has 0 fully saturated rings. The summed E-state index contributed by atoms with van der Waals surface area (Å²) in [4.78, 5) is 22.1. The van der Waals surface area contributed by atoms with Gasteiger partial charge in [0.05, 0.1) is 22.7 Å². The SMILES string of the molecule is Cc1cc(NC(=O)c2cc([N+](=O)[O-])[nH]n2)nn1Cc1ccc(Cl)c(Cl)c1. The second-order valence-electron chi connectivity index (χ2n) is 5.43. The first-order valence-corrected chi connectivity index (χ1v) is 8.08. The van der Waals surface area contributed by atoms with Gasteiger partial charge in [0.2, 0.25) is 0 Å². The summed E-state index contributed by atoms with van der Waals surface area (Å²) >= 11 is 11.9. The van der Waals surface area contributed by atoms with Crippen LogP contribution in [0.4, 0.5) is 11.6 Å². The summed E-state index contributed by atoms with van der Waals surface area (Å²) in [6.07, 6.45) is 0. The molecule has 134 valence electrons. The summed E-state index contributed by atoms with van der Waals surface area (Å²) in [6.45, 7) is 2.27. The van der Waals surface area contributed by atoms with Crippen molar-refractivity contribution in [3.05, 3.63) is 67.4 Å². The fourth-order valence-corrected chi connectivity index (χ4v) is 2.56. The molecule has 0 bridgehead atoms. The van der Waals surface area contributed by atoms with Crippen molar-refractivity contribution in [2.45, 2.75) is 13.5 Å². The number of rotatable bonds is 5. The number of halogens is 2. The van der Waals surface area contributed by atoms with Crippen LogP contribution in [0.3, 0.4) is 0 Å². The van der Waals surface area contributed by atoms with Crippen molar-refractivity contribution in [3.63, 3.8) is 0 Å². The van der Waals surface area contributed by atoms with Gasteiger partial charge in [-0.15, -0.1) is 5.10 Å². The summed E-state index contributed by atoms with van der Waals surface area (Å²) in [5.74, 6) is -0.664. The second kappa shape index (κ2) is 7.14. The molecule has 2 heterocycles. The lowest BCUT2D eigenvalue weighted by atomic mass is 10.2. The molecule has 0 radical (unpaired) electrons. The van der Waals surface area contributed by atoms with Gasteiger partial charge in [0, 0.05) is 11.8 Å². The maximum Gasteiger partial charge on any atom is 0.343 e. The molecule has 2 N–H and O–H groups in total. The average molecular weight is 395 g/mol. The number of carbonyl (C=O) groups excluding carboxylic acids is 1. The topological polar surface area (TPSA) is 119 Å². The monoisotopic (exact) mass is 394 g/mol. The summed E-state index contributed by atoms with van der Waals surface area (Å²) < 4.78 is 1.68. The van der Waals surface area contributed by atoms with Gasteiger partial charge >= 0.3 is 5.82 Å². The van der Waals surface area contributed by atoms with Crippen LogP contribution in [0.15, 0.2) is 30.3 Å². The molecule has 0 unspecified atom stereocenters. The third-order valence-corrected chi connectivity index (χ3v) is 4.27. The summed E-state index contributed by atoms with van der Waals surface area (Å²) in [5.41, 5.74) is 1.60. The normalized spacial score (nSPS) is 10.7. The molecular weight excluding hydrogens is 383 g/mol. The molecule has 0 atom stereocenters. The standard InChI is InChI=1S/C15H12Cl2N6O3/c1-8-4-13(18-15(24)12-6-14(20-19-12)23(25)26)21-22(8)7-9-2-3-10(16)11(17)5-9/h2-6H,7H2,1H3,(H,19,20)(H,18,21,24). The van der Waals surface area contributed by atoms with E-state index in [1.54, 1.807) is 22.9 Å². The quantitative estimate of drug-likeness (QED) is 0.507. The van der Waals surface area contributed by atoms with Gasteiger partial charge in [-0.25, -0.2) is 0 Å². The highest BCUT2D eigenvalue weighted by Crippen LogP contribution is 2.23. The van der Waals surface area contributed by atoms with Crippen LogP contribution in [0.25, 0.3) is 0 Å². The number of aromatic nitrogens is 4. The zero-order chi connectivity index (χ0) is 18.8. The Kier molecular flexibility index (Phi) is 4.92. The van der Waals surface area contributed by atoms with Crippen LogP contribution in [-0.4, -0.2) is 30.8 Å². The number of nitrogens with zero attached hydrogens (tertiary/aromatic N) is 4. The minimum Gasteiger partial charge on any atom is -0.358 e. The highest BCUT2D eigenvalue weighted by Gasteiger charge is 2.18. The molecular formula is C15H12Cl2N6O3. The number of nitrogens with one attached hydrogen (secondary N) is 2. The molecule has 1 aromatic carbocycles. The Labute approximate surface area is 157 Å². The molecule has 1 amide bonds. The molecule has 0 saturated carbocycles. The Bertz CT molecular complexity index is 997. The number of amides is 1. The first-order chi connectivity index (χ1) is 12.3. The molecule has 0 aliphatic carbocycles. The van der Waals surface area contributed by atoms with Crippen molar-refractivity contribution in [3.8, 4) is 0 Å². The van der Waals surface area contributed by atoms with Gasteiger partial charge in [0.15, 0.2) is 11.5 Å². The third kappa shape index (κ3) is 3.84. The summed E-state index contributed by atoms with van der Waals surface area (Å²) in [6, 6.07) is 8.00. The molecule has 0 aliphatic rings. The van der Waals surface area contributed by atoms with Crippen LogP contribution >= 0.6 is 23.2 Å². The highest BCUT2D eigenvalue weighted by atomic mass is 35.5. The van der Waals surface area contributed by atoms with Crippen LogP contribution in [-0.2, 0) is 6.54 Å². The van der Waals surface area contributed by atoms with E-state index in [0.29, 0.717) is 22.4 Å². The van der Waals surface area contributed by atoms with E-state index in [-0.39, 0.29) is 11.5 Å². The van der Waals surface area contributed by atoms with Crippen LogP contribution in [0, 0.1) is 17.0 Å². The fourth-order valence-electron chi connectivity index (χ4n) is 2.24. The van der Waals surface area contributed by atoms with Crippen molar-refractivity contribution in [1.29, 1.82) is 0 Å². The van der Waals surface area contributed by atoms with Crippen molar-refractivity contribution in [1.82, 2.24) is 20.0 Å². The van der Waals surface area contributed by atoms with E-state index in [1.165, 1.54) is 0 Å². The lowest BCUT2D eigenvalue weighted by molar-refractivity contribution is -0.389. The number of aromatic amines is 1. The minimum atomic E-state index is -0.667. The Morgan fingerprint density at radius 3 is 2.73 bits per heavy atom. The van der Waals surface area contributed by atoms with E-state index in [0.717, 1.165) is 17.3 Å². The first kappa shape index (κ1) is 17.9. The predicted octanol–water partition coefficient (Wildman–Crippen LogP) is 3.43. The predicted molar refractivity (Wildman–Crippen MR) is 95.7 cm³/mol. The molecule has 0 saturated heterocycles. The van der Waals surface area contributed by atoms with Crippen LogP contribution in [0.1, 0.15) is 21.7 Å². The van der Waals surface area contributed by atoms with Gasteiger partial charge in [0.25, 0.3) is 5.91 Å². The van der Waals surface area contributed by atoms with Crippen molar-refractivity contribution >= 4 is 40.7 Å². The number of carbonyl (C=O) groups is 1. The zero-order valence-corrected chi connectivity index (χ0v) is 14.9. The van der Waals surface area contributed by atoms with Crippen molar-refractivity contribution < 1.29 is 9.72 Å². The van der Waals surface area contributed by atoms with Gasteiger partial charge in [0.1, 0.15) is 0 Å². The number of H-pyrrole nitrogens is 1. The highest BCUT2D eigenvalue weighted by molar-refractivity contribution is 6.42. The Morgan fingerprint density at radius 2 is 2.08 bits per heavy atom. The summed E-state index contributed by atoms with van der Waals surface area (Å²) in [7, 11) is 0. The zero-order valence-electron chi connectivity index (χ0n) is 13.4. The fraction of sp³-hybridized carbons (Fsp3) is 0.133. The number of benzene rings is 1. The van der Waals surface area contributed by atoms with Crippen molar-refractivity contribution in [2.75, 3.05) is 5.32 Å². The molecule has 0 aliphatic heterocycles. The van der Waals surface area contributed by atoms with Crippen LogP contribution in [0.5, 0.6) is 0 Å².